The molecular formula is C27H22N2Si. The highest BCUT2D eigenvalue weighted by atomic mass is 28.3. The molecule has 4 aromatic carbocycles. The number of hydrogen-bond acceptors (Lipinski definition) is 1. The summed E-state index contributed by atoms with van der Waals surface area (Å²) in [6, 6.07) is 25.5. The van der Waals surface area contributed by atoms with Gasteiger partial charge in [-0.05, 0) is 50.7 Å². The summed E-state index contributed by atoms with van der Waals surface area (Å²) in [6.45, 7) is 14.8. The third-order valence-electron chi connectivity index (χ3n) is 5.84. The molecule has 0 fully saturated rings. The third-order valence-corrected chi connectivity index (χ3v) is 7.90. The van der Waals surface area contributed by atoms with Gasteiger partial charge in [-0.2, -0.15) is 0 Å². The number of benzene rings is 4. The molecule has 0 aliphatic carbocycles. The molecule has 0 unspecified atom stereocenters. The number of pyridine rings is 1. The first-order valence-electron chi connectivity index (χ1n) is 10.2. The molecule has 0 N–H and O–H groups in total. The van der Waals surface area contributed by atoms with Gasteiger partial charge in [-0.1, -0.05) is 79.4 Å². The van der Waals surface area contributed by atoms with Crippen LogP contribution >= 0.6 is 0 Å². The first kappa shape index (κ1) is 18.5. The Bertz CT molecular complexity index is 1490. The Morgan fingerprint density at radius 2 is 1.47 bits per heavy atom. The second-order valence-corrected chi connectivity index (χ2v) is 13.8. The molecule has 0 aliphatic rings. The minimum Gasteiger partial charge on any atom is -0.256 e. The van der Waals surface area contributed by atoms with Gasteiger partial charge in [0.2, 0.25) is 0 Å². The van der Waals surface area contributed by atoms with Crippen LogP contribution in [0.4, 0.5) is 5.69 Å². The Kier molecular flexibility index (Phi) is 4.20. The van der Waals surface area contributed by atoms with E-state index in [1.54, 1.807) is 0 Å². The van der Waals surface area contributed by atoms with Gasteiger partial charge in [0.15, 0.2) is 5.69 Å². The van der Waals surface area contributed by atoms with Crippen LogP contribution < -0.4 is 5.19 Å². The normalized spacial score (nSPS) is 11.8. The maximum Gasteiger partial charge on any atom is 0.195 e. The highest BCUT2D eigenvalue weighted by molar-refractivity contribution is 6.90. The second-order valence-electron chi connectivity index (χ2n) is 8.80. The van der Waals surface area contributed by atoms with E-state index < -0.39 is 8.07 Å². The number of rotatable bonds is 2. The van der Waals surface area contributed by atoms with Crippen LogP contribution in [-0.4, -0.2) is 13.1 Å². The van der Waals surface area contributed by atoms with Crippen molar-refractivity contribution in [3.05, 3.63) is 90.4 Å². The van der Waals surface area contributed by atoms with E-state index in [-0.39, 0.29) is 0 Å². The smallest absolute Gasteiger partial charge is 0.195 e. The largest absolute Gasteiger partial charge is 0.256 e. The summed E-state index contributed by atoms with van der Waals surface area (Å²) in [5, 5.41) is 8.52. The monoisotopic (exact) mass is 402 g/mol. The summed E-state index contributed by atoms with van der Waals surface area (Å²) < 4.78 is 0. The van der Waals surface area contributed by atoms with E-state index in [0.29, 0.717) is 5.69 Å². The van der Waals surface area contributed by atoms with E-state index in [4.69, 9.17) is 11.6 Å². The molecular weight excluding hydrogens is 380 g/mol. The number of hydrogen-bond donors (Lipinski definition) is 0. The number of nitrogens with zero attached hydrogens (tertiary/aromatic N) is 2. The number of aromatic nitrogens is 1. The topological polar surface area (TPSA) is 17.2 Å². The quantitative estimate of drug-likeness (QED) is 0.172. The van der Waals surface area contributed by atoms with Gasteiger partial charge in [0.05, 0.1) is 20.3 Å². The Morgan fingerprint density at radius 1 is 0.733 bits per heavy atom. The van der Waals surface area contributed by atoms with Crippen LogP contribution in [0.5, 0.6) is 0 Å². The van der Waals surface area contributed by atoms with E-state index in [1.165, 1.54) is 21.3 Å². The maximum atomic E-state index is 7.65. The lowest BCUT2D eigenvalue weighted by atomic mass is 9.97. The molecule has 0 saturated carbocycles. The molecule has 144 valence electrons. The van der Waals surface area contributed by atoms with Gasteiger partial charge >= 0.3 is 0 Å². The average molecular weight is 403 g/mol. The summed E-state index contributed by atoms with van der Waals surface area (Å²) in [6.07, 6.45) is 1.89. The summed E-state index contributed by atoms with van der Waals surface area (Å²) in [4.78, 5) is 8.52. The first-order valence-corrected chi connectivity index (χ1v) is 13.7. The van der Waals surface area contributed by atoms with Crippen molar-refractivity contribution in [3.8, 4) is 11.3 Å². The summed E-state index contributed by atoms with van der Waals surface area (Å²) in [5.41, 5.74) is 2.60. The van der Waals surface area contributed by atoms with Crippen molar-refractivity contribution in [1.29, 1.82) is 0 Å². The Balaban J connectivity index is 1.83. The molecule has 3 heteroatoms. The molecule has 1 heterocycles. The van der Waals surface area contributed by atoms with Crippen molar-refractivity contribution in [3.63, 3.8) is 0 Å². The van der Waals surface area contributed by atoms with Gasteiger partial charge in [-0.25, -0.2) is 4.85 Å². The van der Waals surface area contributed by atoms with Crippen LogP contribution in [0.3, 0.4) is 0 Å². The molecule has 1 aromatic heterocycles. The molecule has 30 heavy (non-hydrogen) atoms. The van der Waals surface area contributed by atoms with E-state index in [0.717, 1.165) is 27.4 Å². The molecule has 5 rings (SSSR count). The van der Waals surface area contributed by atoms with Crippen molar-refractivity contribution in [2.24, 2.45) is 0 Å². The highest BCUT2D eigenvalue weighted by Gasteiger charge is 2.20. The van der Waals surface area contributed by atoms with Gasteiger partial charge in [0.1, 0.15) is 0 Å². The lowest BCUT2D eigenvalue weighted by Gasteiger charge is -2.20. The Labute approximate surface area is 177 Å². The average Bonchev–Trinajstić information content (AvgIpc) is 2.76. The van der Waals surface area contributed by atoms with E-state index in [2.05, 4.69) is 73.0 Å². The van der Waals surface area contributed by atoms with Crippen LogP contribution in [0, 0.1) is 6.57 Å². The molecule has 0 bridgehead atoms. The van der Waals surface area contributed by atoms with Gasteiger partial charge in [-0.15, -0.1) is 0 Å². The summed E-state index contributed by atoms with van der Waals surface area (Å²) >= 11 is 0. The van der Waals surface area contributed by atoms with E-state index in [9.17, 15) is 0 Å². The van der Waals surface area contributed by atoms with Crippen molar-refractivity contribution >= 4 is 51.3 Å². The minimum absolute atomic E-state index is 0.670. The molecule has 2 nitrogen and oxygen atoms in total. The molecule has 0 saturated heterocycles. The van der Waals surface area contributed by atoms with Gasteiger partial charge in [-0.3, -0.25) is 4.98 Å². The van der Waals surface area contributed by atoms with Crippen molar-refractivity contribution in [2.75, 3.05) is 0 Å². The molecule has 0 radical (unpaired) electrons. The molecule has 0 atom stereocenters. The molecule has 0 amide bonds. The van der Waals surface area contributed by atoms with Crippen LogP contribution in [0.1, 0.15) is 0 Å². The van der Waals surface area contributed by atoms with Gasteiger partial charge in [0.25, 0.3) is 0 Å². The lowest BCUT2D eigenvalue weighted by molar-refractivity contribution is 1.36. The number of fused-ring (bicyclic) bond motifs is 4. The molecule has 5 aromatic rings. The predicted molar refractivity (Wildman–Crippen MR) is 131 cm³/mol. The van der Waals surface area contributed by atoms with Crippen LogP contribution in [-0.2, 0) is 0 Å². The van der Waals surface area contributed by atoms with Gasteiger partial charge in [0, 0.05) is 11.6 Å². The van der Waals surface area contributed by atoms with Crippen LogP contribution in [0.25, 0.3) is 48.4 Å². The lowest BCUT2D eigenvalue weighted by Crippen LogP contribution is -2.37. The fraction of sp³-hybridized carbons (Fsp3) is 0.111. The predicted octanol–water partition coefficient (Wildman–Crippen LogP) is 7.30. The zero-order valence-electron chi connectivity index (χ0n) is 17.4. The van der Waals surface area contributed by atoms with E-state index in [1.807, 2.05) is 30.5 Å². The standard InChI is InChI=1S/C27H22N2Si/c1-28-25-17-19(16-18-8-5-6-9-20(18)25)27-24-13-12-23-21(22(24)14-15-29-27)10-7-11-26(23)30(2,3)4/h5-17H,2-4H3. The second kappa shape index (κ2) is 6.79. The van der Waals surface area contributed by atoms with E-state index >= 15 is 0 Å². The van der Waals surface area contributed by atoms with Crippen molar-refractivity contribution in [2.45, 2.75) is 19.6 Å². The fourth-order valence-corrected chi connectivity index (χ4v) is 6.05. The third kappa shape index (κ3) is 2.89. The minimum atomic E-state index is -1.45. The Hall–Kier alpha value is -3.48. The summed E-state index contributed by atoms with van der Waals surface area (Å²) in [7, 11) is -1.45. The SMILES string of the molecule is [C-]#[N+]c1cc(-c2nccc3c2ccc2c([Si](C)(C)C)cccc23)cc2ccccc12. The highest BCUT2D eigenvalue weighted by Crippen LogP contribution is 2.36. The first-order chi connectivity index (χ1) is 14.5. The van der Waals surface area contributed by atoms with Crippen molar-refractivity contribution < 1.29 is 0 Å². The Morgan fingerprint density at radius 3 is 2.27 bits per heavy atom. The molecule has 0 spiro atoms. The van der Waals surface area contributed by atoms with Crippen molar-refractivity contribution in [1.82, 2.24) is 4.98 Å². The zero-order valence-corrected chi connectivity index (χ0v) is 18.4. The van der Waals surface area contributed by atoms with Gasteiger partial charge < -0.3 is 0 Å². The maximum absolute atomic E-state index is 7.65. The zero-order chi connectivity index (χ0) is 20.9. The summed E-state index contributed by atoms with van der Waals surface area (Å²) in [5.74, 6) is 0. The van der Waals surface area contributed by atoms with Crippen LogP contribution in [0.15, 0.2) is 79.0 Å². The van der Waals surface area contributed by atoms with Crippen LogP contribution in [0.2, 0.25) is 19.6 Å². The fourth-order valence-electron chi connectivity index (χ4n) is 4.43. The molecule has 0 aliphatic heterocycles.